The average Bonchev–Trinajstić information content (AvgIpc) is 3.08. The van der Waals surface area contributed by atoms with Gasteiger partial charge in [-0.2, -0.15) is 0 Å². The highest BCUT2D eigenvalue weighted by Crippen LogP contribution is 2.27. The van der Waals surface area contributed by atoms with Gasteiger partial charge in [-0.15, -0.1) is 0 Å². The van der Waals surface area contributed by atoms with Crippen molar-refractivity contribution in [2.45, 2.75) is 38.8 Å². The van der Waals surface area contributed by atoms with Crippen LogP contribution in [0, 0.1) is 18.6 Å². The van der Waals surface area contributed by atoms with Crippen molar-refractivity contribution in [1.29, 1.82) is 0 Å². The highest BCUT2D eigenvalue weighted by Gasteiger charge is 2.22. The summed E-state index contributed by atoms with van der Waals surface area (Å²) in [5.74, 6) is -1.15. The first-order valence-corrected chi connectivity index (χ1v) is 9.99. The van der Waals surface area contributed by atoms with E-state index in [0.29, 0.717) is 16.8 Å². The number of hydrogen-bond acceptors (Lipinski definition) is 4. The van der Waals surface area contributed by atoms with E-state index in [1.54, 1.807) is 34.4 Å². The van der Waals surface area contributed by atoms with Crippen molar-refractivity contribution in [2.75, 3.05) is 6.54 Å². The lowest BCUT2D eigenvalue weighted by molar-refractivity contribution is 0.307. The Kier molecular flexibility index (Phi) is 4.39. The van der Waals surface area contributed by atoms with Gasteiger partial charge >= 0.3 is 0 Å². The lowest BCUT2D eigenvalue weighted by Crippen LogP contribution is -2.39. The van der Waals surface area contributed by atoms with Gasteiger partial charge in [0, 0.05) is 30.0 Å². The van der Waals surface area contributed by atoms with Gasteiger partial charge in [0.2, 0.25) is 0 Å². The van der Waals surface area contributed by atoms with E-state index in [4.69, 9.17) is 0 Å². The standard InChI is InChI=1S/C22H21F2N5O/c1-12-5-16(3-4-25-12)29-11-26-19-8-14(6-17(23)20(19)22(29)30)15-7-18(24)21-27-13(2)9-28(21)10-15/h6-12,16,25H,3-5H2,1-2H3/t12-,16+/m0/s1. The number of benzene rings is 1. The lowest BCUT2D eigenvalue weighted by atomic mass is 10.00. The number of halogens is 2. The summed E-state index contributed by atoms with van der Waals surface area (Å²) in [5, 5.41) is 3.31. The van der Waals surface area contributed by atoms with Gasteiger partial charge in [-0.1, -0.05) is 0 Å². The fourth-order valence-electron chi connectivity index (χ4n) is 4.33. The number of piperidine rings is 1. The maximum atomic E-state index is 15.1. The van der Waals surface area contributed by atoms with Gasteiger partial charge in [-0.25, -0.2) is 18.7 Å². The van der Waals surface area contributed by atoms with Crippen LogP contribution >= 0.6 is 0 Å². The number of aromatic nitrogens is 4. The fraction of sp³-hybridized carbons (Fsp3) is 0.318. The predicted octanol–water partition coefficient (Wildman–Crippen LogP) is 3.61. The molecule has 0 spiro atoms. The van der Waals surface area contributed by atoms with Crippen molar-refractivity contribution >= 4 is 16.6 Å². The normalized spacial score (nSPS) is 19.6. The summed E-state index contributed by atoms with van der Waals surface area (Å²) < 4.78 is 32.6. The molecule has 8 heteroatoms. The number of hydrogen-bond donors (Lipinski definition) is 1. The summed E-state index contributed by atoms with van der Waals surface area (Å²) in [6, 6.07) is 4.49. The molecule has 4 heterocycles. The minimum absolute atomic E-state index is 0.00860. The van der Waals surface area contributed by atoms with Crippen LogP contribution in [-0.2, 0) is 0 Å². The topological polar surface area (TPSA) is 64.2 Å². The second-order valence-electron chi connectivity index (χ2n) is 8.03. The average molecular weight is 409 g/mol. The Morgan fingerprint density at radius 2 is 1.93 bits per heavy atom. The van der Waals surface area contributed by atoms with E-state index in [-0.39, 0.29) is 34.2 Å². The lowest BCUT2D eigenvalue weighted by Gasteiger charge is -2.29. The molecule has 1 aromatic carbocycles. The Morgan fingerprint density at radius 3 is 2.73 bits per heavy atom. The van der Waals surface area contributed by atoms with Crippen molar-refractivity contribution in [3.8, 4) is 11.1 Å². The van der Waals surface area contributed by atoms with E-state index in [0.717, 1.165) is 19.4 Å². The van der Waals surface area contributed by atoms with Crippen LogP contribution in [0.1, 0.15) is 31.5 Å². The van der Waals surface area contributed by atoms with Crippen molar-refractivity contribution in [3.63, 3.8) is 0 Å². The zero-order chi connectivity index (χ0) is 21.0. The van der Waals surface area contributed by atoms with Crippen LogP contribution in [0.5, 0.6) is 0 Å². The SMILES string of the molecule is Cc1cn2cc(-c3cc(F)c4c(=O)n([C@@H]5CCN[C@@H](C)C5)cnc4c3)cc(F)c2n1. The van der Waals surface area contributed by atoms with E-state index in [1.165, 1.54) is 18.5 Å². The van der Waals surface area contributed by atoms with E-state index in [2.05, 4.69) is 22.2 Å². The highest BCUT2D eigenvalue weighted by atomic mass is 19.1. The van der Waals surface area contributed by atoms with Gasteiger partial charge < -0.3 is 9.72 Å². The minimum Gasteiger partial charge on any atom is -0.314 e. The fourth-order valence-corrected chi connectivity index (χ4v) is 4.33. The second kappa shape index (κ2) is 6.98. The molecule has 1 fully saturated rings. The molecule has 1 aliphatic rings. The maximum absolute atomic E-state index is 15.1. The van der Waals surface area contributed by atoms with Crippen molar-refractivity contribution in [3.05, 3.63) is 64.6 Å². The highest BCUT2D eigenvalue weighted by molar-refractivity contribution is 5.84. The molecule has 154 valence electrons. The Balaban J connectivity index is 1.63. The molecule has 3 aromatic heterocycles. The van der Waals surface area contributed by atoms with E-state index in [9.17, 15) is 9.18 Å². The molecule has 1 aliphatic heterocycles. The van der Waals surface area contributed by atoms with Crippen LogP contribution < -0.4 is 10.9 Å². The predicted molar refractivity (Wildman–Crippen MR) is 111 cm³/mol. The van der Waals surface area contributed by atoms with Crippen molar-refractivity contribution < 1.29 is 8.78 Å². The molecule has 0 unspecified atom stereocenters. The van der Waals surface area contributed by atoms with Crippen molar-refractivity contribution in [1.82, 2.24) is 24.3 Å². The number of pyridine rings is 1. The Hall–Kier alpha value is -3.13. The van der Waals surface area contributed by atoms with Gasteiger partial charge in [0.15, 0.2) is 11.5 Å². The number of rotatable bonds is 2. The molecular weight excluding hydrogens is 388 g/mol. The van der Waals surface area contributed by atoms with Gasteiger partial charge in [0.05, 0.1) is 17.5 Å². The van der Waals surface area contributed by atoms with Gasteiger partial charge in [0.1, 0.15) is 11.2 Å². The molecule has 0 amide bonds. The van der Waals surface area contributed by atoms with Crippen LogP contribution in [-0.4, -0.2) is 31.5 Å². The zero-order valence-electron chi connectivity index (χ0n) is 16.7. The summed E-state index contributed by atoms with van der Waals surface area (Å²) >= 11 is 0. The van der Waals surface area contributed by atoms with E-state index in [1.807, 2.05) is 0 Å². The van der Waals surface area contributed by atoms with E-state index < -0.39 is 11.6 Å². The van der Waals surface area contributed by atoms with E-state index >= 15 is 4.39 Å². The largest absolute Gasteiger partial charge is 0.314 e. The number of nitrogens with one attached hydrogen (secondary N) is 1. The molecular formula is C22H21F2N5O. The number of imidazole rings is 1. The molecule has 0 radical (unpaired) electrons. The molecule has 6 nitrogen and oxygen atoms in total. The third kappa shape index (κ3) is 3.08. The number of fused-ring (bicyclic) bond motifs is 2. The molecule has 1 saturated heterocycles. The third-order valence-corrected chi connectivity index (χ3v) is 5.79. The number of aryl methyl sites for hydroxylation is 1. The maximum Gasteiger partial charge on any atom is 0.264 e. The van der Waals surface area contributed by atoms with Gasteiger partial charge in [0.25, 0.3) is 5.56 Å². The Morgan fingerprint density at radius 1 is 1.13 bits per heavy atom. The molecule has 0 saturated carbocycles. The minimum atomic E-state index is -0.654. The Bertz CT molecular complexity index is 1340. The second-order valence-corrected chi connectivity index (χ2v) is 8.03. The monoisotopic (exact) mass is 409 g/mol. The van der Waals surface area contributed by atoms with Crippen LogP contribution in [0.3, 0.4) is 0 Å². The molecule has 0 aliphatic carbocycles. The molecule has 1 N–H and O–H groups in total. The van der Waals surface area contributed by atoms with Crippen LogP contribution in [0.2, 0.25) is 0 Å². The summed E-state index contributed by atoms with van der Waals surface area (Å²) in [6.45, 7) is 4.65. The first-order valence-electron chi connectivity index (χ1n) is 9.99. The summed E-state index contributed by atoms with van der Waals surface area (Å²) in [7, 11) is 0. The van der Waals surface area contributed by atoms with Crippen LogP contribution in [0.4, 0.5) is 8.78 Å². The molecule has 0 bridgehead atoms. The molecule has 30 heavy (non-hydrogen) atoms. The third-order valence-electron chi connectivity index (χ3n) is 5.79. The molecule has 2 atom stereocenters. The number of nitrogens with zero attached hydrogens (tertiary/aromatic N) is 4. The molecule has 4 aromatic rings. The van der Waals surface area contributed by atoms with Gasteiger partial charge in [-0.3, -0.25) is 9.36 Å². The smallest absolute Gasteiger partial charge is 0.264 e. The first kappa shape index (κ1) is 18.9. The van der Waals surface area contributed by atoms with Crippen LogP contribution in [0.15, 0.2) is 41.7 Å². The van der Waals surface area contributed by atoms with Crippen molar-refractivity contribution in [2.24, 2.45) is 0 Å². The summed E-state index contributed by atoms with van der Waals surface area (Å²) in [4.78, 5) is 21.5. The first-order chi connectivity index (χ1) is 14.4. The molecule has 5 rings (SSSR count). The van der Waals surface area contributed by atoms with Crippen LogP contribution in [0.25, 0.3) is 27.7 Å². The zero-order valence-corrected chi connectivity index (χ0v) is 16.7. The Labute approximate surface area is 171 Å². The quantitative estimate of drug-likeness (QED) is 0.549. The summed E-state index contributed by atoms with van der Waals surface area (Å²) in [6.07, 6.45) is 6.48. The summed E-state index contributed by atoms with van der Waals surface area (Å²) in [5.41, 5.74) is 1.72. The van der Waals surface area contributed by atoms with Gasteiger partial charge in [-0.05, 0) is 57.0 Å².